The van der Waals surface area contributed by atoms with E-state index < -0.39 is 5.66 Å². The molecule has 3 aromatic rings. The molecular weight excluding hydrogens is 440 g/mol. The third-order valence-corrected chi connectivity index (χ3v) is 6.59. The minimum Gasteiger partial charge on any atom is -0.497 e. The topological polar surface area (TPSA) is 66.1 Å². The number of anilines is 1. The fourth-order valence-corrected chi connectivity index (χ4v) is 4.44. The van der Waals surface area contributed by atoms with Gasteiger partial charge in [0, 0.05) is 32.9 Å². The van der Waals surface area contributed by atoms with Crippen LogP contribution in [0.15, 0.2) is 72.8 Å². The SMILES string of the molecule is COc1ccc(CCN2C(=O)NCC2(NCc2ccc(N(C)C)cc2)c2ccc(OC)cc2)cc1. The Hall–Kier alpha value is -3.71. The quantitative estimate of drug-likeness (QED) is 0.465. The van der Waals surface area contributed by atoms with Crippen LogP contribution in [0.2, 0.25) is 0 Å². The molecule has 1 aliphatic rings. The first kappa shape index (κ1) is 24.4. The second-order valence-corrected chi connectivity index (χ2v) is 8.91. The molecule has 1 saturated heterocycles. The van der Waals surface area contributed by atoms with E-state index in [2.05, 4.69) is 39.8 Å². The summed E-state index contributed by atoms with van der Waals surface area (Å²) < 4.78 is 10.6. The summed E-state index contributed by atoms with van der Waals surface area (Å²) in [4.78, 5) is 17.1. The van der Waals surface area contributed by atoms with Crippen molar-refractivity contribution in [2.24, 2.45) is 0 Å². The van der Waals surface area contributed by atoms with Gasteiger partial charge in [0.1, 0.15) is 17.2 Å². The molecule has 0 aliphatic carbocycles. The van der Waals surface area contributed by atoms with Crippen molar-refractivity contribution in [3.63, 3.8) is 0 Å². The van der Waals surface area contributed by atoms with Crippen LogP contribution >= 0.6 is 0 Å². The summed E-state index contributed by atoms with van der Waals surface area (Å²) in [6.45, 7) is 1.65. The highest BCUT2D eigenvalue weighted by Gasteiger charge is 2.46. The van der Waals surface area contributed by atoms with Crippen molar-refractivity contribution in [3.8, 4) is 11.5 Å². The zero-order chi connectivity index (χ0) is 24.8. The molecule has 4 rings (SSSR count). The Bertz CT molecular complexity index is 1110. The van der Waals surface area contributed by atoms with Crippen molar-refractivity contribution in [2.75, 3.05) is 46.3 Å². The Balaban J connectivity index is 1.59. The highest BCUT2D eigenvalue weighted by Crippen LogP contribution is 2.32. The van der Waals surface area contributed by atoms with E-state index in [1.807, 2.05) is 67.5 Å². The molecule has 184 valence electrons. The van der Waals surface area contributed by atoms with Gasteiger partial charge in [-0.05, 0) is 59.5 Å². The second-order valence-electron chi connectivity index (χ2n) is 8.91. The van der Waals surface area contributed by atoms with Crippen LogP contribution in [0.4, 0.5) is 10.5 Å². The van der Waals surface area contributed by atoms with Gasteiger partial charge in [-0.2, -0.15) is 0 Å². The van der Waals surface area contributed by atoms with Gasteiger partial charge in [-0.1, -0.05) is 36.4 Å². The number of hydrogen-bond donors (Lipinski definition) is 2. The van der Waals surface area contributed by atoms with Crippen LogP contribution < -0.4 is 25.0 Å². The molecule has 3 aromatic carbocycles. The summed E-state index contributed by atoms with van der Waals surface area (Å²) in [5.74, 6) is 1.60. The molecule has 1 atom stereocenters. The van der Waals surface area contributed by atoms with E-state index >= 15 is 0 Å². The van der Waals surface area contributed by atoms with Gasteiger partial charge in [0.05, 0.1) is 20.8 Å². The molecule has 1 aliphatic heterocycles. The Labute approximate surface area is 207 Å². The number of rotatable bonds is 10. The normalized spacial score (nSPS) is 17.3. The third kappa shape index (κ3) is 5.35. The third-order valence-electron chi connectivity index (χ3n) is 6.59. The standard InChI is InChI=1S/C28H34N4O3/c1-31(2)24-11-5-22(6-12-24)19-30-28(23-9-15-26(35-4)16-10-23)20-29-27(33)32(28)18-17-21-7-13-25(34-3)14-8-21/h5-16,30H,17-20H2,1-4H3,(H,29,33). The van der Waals surface area contributed by atoms with E-state index in [4.69, 9.17) is 9.47 Å². The molecule has 0 saturated carbocycles. The summed E-state index contributed by atoms with van der Waals surface area (Å²) in [6, 6.07) is 24.3. The van der Waals surface area contributed by atoms with Gasteiger partial charge in [-0.25, -0.2) is 4.79 Å². The molecule has 0 aromatic heterocycles. The Morgan fingerprint density at radius 2 is 1.46 bits per heavy atom. The average molecular weight is 475 g/mol. The van der Waals surface area contributed by atoms with Crippen LogP contribution in [0.5, 0.6) is 11.5 Å². The molecule has 1 heterocycles. The molecule has 0 spiro atoms. The lowest BCUT2D eigenvalue weighted by Gasteiger charge is -2.39. The molecule has 1 unspecified atom stereocenters. The minimum atomic E-state index is -0.684. The summed E-state index contributed by atoms with van der Waals surface area (Å²) in [7, 11) is 7.37. The van der Waals surface area contributed by atoms with Crippen molar-refractivity contribution in [2.45, 2.75) is 18.6 Å². The second kappa shape index (κ2) is 10.7. The predicted octanol–water partition coefficient (Wildman–Crippen LogP) is 3.98. The van der Waals surface area contributed by atoms with Crippen molar-refractivity contribution in [1.29, 1.82) is 0 Å². The van der Waals surface area contributed by atoms with Crippen LogP contribution in [0.3, 0.4) is 0 Å². The van der Waals surface area contributed by atoms with Gasteiger partial charge >= 0.3 is 6.03 Å². The van der Waals surface area contributed by atoms with E-state index in [1.165, 1.54) is 0 Å². The molecule has 7 nitrogen and oxygen atoms in total. The number of ether oxygens (including phenoxy) is 2. The Morgan fingerprint density at radius 1 is 0.886 bits per heavy atom. The fourth-order valence-electron chi connectivity index (χ4n) is 4.44. The maximum atomic E-state index is 13.1. The van der Waals surface area contributed by atoms with Gasteiger partial charge in [-0.3, -0.25) is 5.32 Å². The molecule has 2 N–H and O–H groups in total. The molecule has 7 heteroatoms. The number of benzene rings is 3. The lowest BCUT2D eigenvalue weighted by Crippen LogP contribution is -2.55. The van der Waals surface area contributed by atoms with Crippen molar-refractivity contribution in [3.05, 3.63) is 89.5 Å². The maximum absolute atomic E-state index is 13.1. The molecular formula is C28H34N4O3. The fraction of sp³-hybridized carbons (Fsp3) is 0.321. The van der Waals surface area contributed by atoms with E-state index in [9.17, 15) is 4.79 Å². The summed E-state index contributed by atoms with van der Waals surface area (Å²) in [5.41, 5.74) is 3.77. The first-order valence-corrected chi connectivity index (χ1v) is 11.8. The first-order chi connectivity index (χ1) is 16.9. The minimum absolute atomic E-state index is 0.0789. The average Bonchev–Trinajstić information content (AvgIpc) is 3.22. The number of carbonyl (C=O) groups excluding carboxylic acids is 1. The van der Waals surface area contributed by atoms with Crippen LogP contribution in [-0.2, 0) is 18.6 Å². The number of amides is 2. The van der Waals surface area contributed by atoms with Gasteiger partial charge < -0.3 is 24.6 Å². The van der Waals surface area contributed by atoms with Gasteiger partial charge in [0.2, 0.25) is 0 Å². The van der Waals surface area contributed by atoms with Crippen molar-refractivity contribution >= 4 is 11.7 Å². The molecule has 2 amide bonds. The highest BCUT2D eigenvalue weighted by atomic mass is 16.5. The lowest BCUT2D eigenvalue weighted by molar-refractivity contribution is 0.124. The van der Waals surface area contributed by atoms with Crippen molar-refractivity contribution in [1.82, 2.24) is 15.5 Å². The van der Waals surface area contributed by atoms with E-state index in [0.717, 1.165) is 40.3 Å². The number of nitrogens with zero attached hydrogens (tertiary/aromatic N) is 2. The number of carbonyl (C=O) groups is 1. The lowest BCUT2D eigenvalue weighted by atomic mass is 9.97. The van der Waals surface area contributed by atoms with E-state index in [-0.39, 0.29) is 6.03 Å². The van der Waals surface area contributed by atoms with Gasteiger partial charge in [0.15, 0.2) is 0 Å². The Morgan fingerprint density at radius 3 is 2.03 bits per heavy atom. The summed E-state index contributed by atoms with van der Waals surface area (Å²) in [6.07, 6.45) is 0.731. The largest absolute Gasteiger partial charge is 0.497 e. The molecule has 1 fully saturated rings. The van der Waals surface area contributed by atoms with Crippen molar-refractivity contribution < 1.29 is 14.3 Å². The smallest absolute Gasteiger partial charge is 0.319 e. The van der Waals surface area contributed by atoms with E-state index in [1.54, 1.807) is 14.2 Å². The van der Waals surface area contributed by atoms with E-state index in [0.29, 0.717) is 19.6 Å². The molecule has 35 heavy (non-hydrogen) atoms. The number of nitrogens with one attached hydrogen (secondary N) is 2. The first-order valence-electron chi connectivity index (χ1n) is 11.8. The summed E-state index contributed by atoms with van der Waals surface area (Å²) in [5, 5.41) is 6.79. The van der Waals surface area contributed by atoms with Gasteiger partial charge in [0.25, 0.3) is 0 Å². The number of urea groups is 1. The number of methoxy groups -OCH3 is 2. The zero-order valence-electron chi connectivity index (χ0n) is 20.9. The highest BCUT2D eigenvalue weighted by molar-refractivity contribution is 5.78. The van der Waals surface area contributed by atoms with Crippen LogP contribution in [-0.4, -0.2) is 52.3 Å². The monoisotopic (exact) mass is 474 g/mol. The molecule has 0 bridgehead atoms. The van der Waals surface area contributed by atoms with Crippen LogP contribution in [0, 0.1) is 0 Å². The zero-order valence-corrected chi connectivity index (χ0v) is 20.9. The molecule has 0 radical (unpaired) electrons. The predicted molar refractivity (Wildman–Crippen MR) is 139 cm³/mol. The van der Waals surface area contributed by atoms with Crippen LogP contribution in [0.1, 0.15) is 16.7 Å². The maximum Gasteiger partial charge on any atom is 0.319 e. The summed E-state index contributed by atoms with van der Waals surface area (Å²) >= 11 is 0. The number of hydrogen-bond acceptors (Lipinski definition) is 5. The van der Waals surface area contributed by atoms with Gasteiger partial charge in [-0.15, -0.1) is 0 Å². The van der Waals surface area contributed by atoms with Crippen LogP contribution in [0.25, 0.3) is 0 Å². The Kier molecular flexibility index (Phi) is 7.46.